The van der Waals surface area contributed by atoms with Gasteiger partial charge in [-0.2, -0.15) is 0 Å². The molecule has 1 fully saturated rings. The Balaban J connectivity index is 1.83. The highest BCUT2D eigenvalue weighted by Gasteiger charge is 2.23. The summed E-state index contributed by atoms with van der Waals surface area (Å²) < 4.78 is 5.52. The molecule has 0 bridgehead atoms. The van der Waals surface area contributed by atoms with Crippen molar-refractivity contribution >= 4 is 23.2 Å². The molecule has 0 saturated carbocycles. The van der Waals surface area contributed by atoms with Crippen molar-refractivity contribution in [2.75, 3.05) is 13.2 Å². The first kappa shape index (κ1) is 13.2. The minimum atomic E-state index is 0.359. The van der Waals surface area contributed by atoms with Crippen LogP contribution in [0.1, 0.15) is 18.9 Å². The quantitative estimate of drug-likeness (QED) is 0.907. The van der Waals surface area contributed by atoms with Crippen molar-refractivity contribution in [1.29, 1.82) is 0 Å². The second-order valence-electron chi connectivity index (χ2n) is 4.49. The van der Waals surface area contributed by atoms with Crippen molar-refractivity contribution in [3.05, 3.63) is 33.8 Å². The lowest BCUT2D eigenvalue weighted by molar-refractivity contribution is 0.105. The van der Waals surface area contributed by atoms with Gasteiger partial charge in [-0.05, 0) is 43.0 Å². The number of halogens is 2. The molecule has 17 heavy (non-hydrogen) atoms. The number of ether oxygens (including phenoxy) is 1. The maximum absolute atomic E-state index is 6.10. The van der Waals surface area contributed by atoms with Crippen LogP contribution >= 0.6 is 23.2 Å². The molecule has 1 aliphatic heterocycles. The van der Waals surface area contributed by atoms with Crippen LogP contribution in [-0.2, 0) is 11.3 Å². The van der Waals surface area contributed by atoms with Gasteiger partial charge in [0.1, 0.15) is 0 Å². The number of benzene rings is 1. The minimum Gasteiger partial charge on any atom is -0.378 e. The topological polar surface area (TPSA) is 21.3 Å². The summed E-state index contributed by atoms with van der Waals surface area (Å²) in [6.07, 6.45) is 1.49. The van der Waals surface area contributed by atoms with E-state index in [1.807, 2.05) is 12.1 Å². The lowest BCUT2D eigenvalue weighted by Crippen LogP contribution is -2.26. The predicted molar refractivity (Wildman–Crippen MR) is 71.7 cm³/mol. The van der Waals surface area contributed by atoms with Crippen molar-refractivity contribution in [3.8, 4) is 0 Å². The molecular formula is C13H17Cl2NO. The van der Waals surface area contributed by atoms with Crippen molar-refractivity contribution in [3.63, 3.8) is 0 Å². The Bertz CT molecular complexity index is 384. The third kappa shape index (κ3) is 3.59. The SMILES string of the molecule is CC1OCCC1CNCc1cc(Cl)ccc1Cl. The molecule has 1 aromatic carbocycles. The first-order valence-corrected chi connectivity index (χ1v) is 6.68. The Kier molecular flexibility index (Phi) is 4.69. The zero-order valence-corrected chi connectivity index (χ0v) is 11.4. The standard InChI is InChI=1S/C13H17Cl2NO/c1-9-10(4-5-17-9)7-16-8-11-6-12(14)2-3-13(11)15/h2-3,6,9-10,16H,4-5,7-8H2,1H3. The molecule has 1 N–H and O–H groups in total. The Morgan fingerprint density at radius 2 is 2.24 bits per heavy atom. The van der Waals surface area contributed by atoms with Crippen LogP contribution in [0.2, 0.25) is 10.0 Å². The summed E-state index contributed by atoms with van der Waals surface area (Å²) in [5.41, 5.74) is 1.05. The van der Waals surface area contributed by atoms with Crippen LogP contribution < -0.4 is 5.32 Å². The second kappa shape index (κ2) is 6.05. The van der Waals surface area contributed by atoms with Gasteiger partial charge < -0.3 is 10.1 Å². The smallest absolute Gasteiger partial charge is 0.0588 e. The molecule has 0 spiro atoms. The van der Waals surface area contributed by atoms with Crippen LogP contribution in [0.3, 0.4) is 0 Å². The summed E-state index contributed by atoms with van der Waals surface area (Å²) in [5, 5.41) is 4.91. The van der Waals surface area contributed by atoms with Crippen LogP contribution in [0.15, 0.2) is 18.2 Å². The average Bonchev–Trinajstić information content (AvgIpc) is 2.70. The lowest BCUT2D eigenvalue weighted by Gasteiger charge is -2.15. The minimum absolute atomic E-state index is 0.359. The highest BCUT2D eigenvalue weighted by molar-refractivity contribution is 6.33. The monoisotopic (exact) mass is 273 g/mol. The van der Waals surface area contributed by atoms with Gasteiger partial charge in [-0.15, -0.1) is 0 Å². The average molecular weight is 274 g/mol. The van der Waals surface area contributed by atoms with Crippen LogP contribution in [0.25, 0.3) is 0 Å². The molecule has 1 aromatic rings. The first-order valence-electron chi connectivity index (χ1n) is 5.93. The Morgan fingerprint density at radius 1 is 1.41 bits per heavy atom. The van der Waals surface area contributed by atoms with E-state index >= 15 is 0 Å². The molecule has 0 aliphatic carbocycles. The van der Waals surface area contributed by atoms with Crippen LogP contribution in [-0.4, -0.2) is 19.3 Å². The van der Waals surface area contributed by atoms with Gasteiger partial charge in [0, 0.05) is 29.7 Å². The molecule has 1 heterocycles. The molecule has 2 nitrogen and oxygen atoms in total. The van der Waals surface area contributed by atoms with E-state index in [9.17, 15) is 0 Å². The molecule has 4 heteroatoms. The van der Waals surface area contributed by atoms with Crippen LogP contribution in [0.4, 0.5) is 0 Å². The molecule has 2 rings (SSSR count). The maximum atomic E-state index is 6.10. The molecule has 94 valence electrons. The van der Waals surface area contributed by atoms with Crippen LogP contribution in [0.5, 0.6) is 0 Å². The van der Waals surface area contributed by atoms with Crippen molar-refractivity contribution in [1.82, 2.24) is 5.32 Å². The highest BCUT2D eigenvalue weighted by atomic mass is 35.5. The van der Waals surface area contributed by atoms with E-state index < -0.39 is 0 Å². The Hall–Kier alpha value is -0.280. The fourth-order valence-corrected chi connectivity index (χ4v) is 2.49. The largest absolute Gasteiger partial charge is 0.378 e. The van der Waals surface area contributed by atoms with Gasteiger partial charge in [0.05, 0.1) is 6.10 Å². The van der Waals surface area contributed by atoms with E-state index in [2.05, 4.69) is 12.2 Å². The maximum Gasteiger partial charge on any atom is 0.0588 e. The van der Waals surface area contributed by atoms with E-state index in [-0.39, 0.29) is 0 Å². The second-order valence-corrected chi connectivity index (χ2v) is 5.33. The lowest BCUT2D eigenvalue weighted by atomic mass is 10.0. The highest BCUT2D eigenvalue weighted by Crippen LogP contribution is 2.22. The number of hydrogen-bond donors (Lipinski definition) is 1. The van der Waals surface area contributed by atoms with Gasteiger partial charge >= 0.3 is 0 Å². The fraction of sp³-hybridized carbons (Fsp3) is 0.538. The molecule has 2 unspecified atom stereocenters. The molecule has 0 amide bonds. The van der Waals surface area contributed by atoms with Gasteiger partial charge in [0.25, 0.3) is 0 Å². The molecular weight excluding hydrogens is 257 g/mol. The third-order valence-electron chi connectivity index (χ3n) is 3.26. The summed E-state index contributed by atoms with van der Waals surface area (Å²) in [6, 6.07) is 5.55. The summed E-state index contributed by atoms with van der Waals surface area (Å²) in [4.78, 5) is 0. The number of rotatable bonds is 4. The number of hydrogen-bond acceptors (Lipinski definition) is 2. The molecule has 0 aromatic heterocycles. The Morgan fingerprint density at radius 3 is 2.94 bits per heavy atom. The summed E-state index contributed by atoms with van der Waals surface area (Å²) >= 11 is 12.0. The van der Waals surface area contributed by atoms with Crippen molar-refractivity contribution < 1.29 is 4.74 Å². The summed E-state index contributed by atoms with van der Waals surface area (Å²) in [5.74, 6) is 0.605. The normalized spacial score (nSPS) is 24.2. The van der Waals surface area contributed by atoms with Gasteiger partial charge in [0.15, 0.2) is 0 Å². The number of nitrogens with one attached hydrogen (secondary N) is 1. The molecule has 2 atom stereocenters. The van der Waals surface area contributed by atoms with Gasteiger partial charge in [0.2, 0.25) is 0 Å². The third-order valence-corrected chi connectivity index (χ3v) is 3.87. The predicted octanol–water partition coefficient (Wildman–Crippen LogP) is 3.51. The van der Waals surface area contributed by atoms with E-state index in [4.69, 9.17) is 27.9 Å². The molecule has 1 aliphatic rings. The van der Waals surface area contributed by atoms with E-state index in [1.165, 1.54) is 0 Å². The fourth-order valence-electron chi connectivity index (χ4n) is 2.12. The van der Waals surface area contributed by atoms with Gasteiger partial charge in [-0.1, -0.05) is 23.2 Å². The van der Waals surface area contributed by atoms with Gasteiger partial charge in [-0.3, -0.25) is 0 Å². The Labute approximate surface area is 112 Å². The zero-order chi connectivity index (χ0) is 12.3. The summed E-state index contributed by atoms with van der Waals surface area (Å²) in [7, 11) is 0. The zero-order valence-electron chi connectivity index (χ0n) is 9.88. The van der Waals surface area contributed by atoms with Crippen LogP contribution in [0, 0.1) is 5.92 Å². The van der Waals surface area contributed by atoms with E-state index in [0.717, 1.165) is 41.7 Å². The molecule has 1 saturated heterocycles. The van der Waals surface area contributed by atoms with Gasteiger partial charge in [-0.25, -0.2) is 0 Å². The van der Waals surface area contributed by atoms with Crippen molar-refractivity contribution in [2.24, 2.45) is 5.92 Å². The van der Waals surface area contributed by atoms with Crippen molar-refractivity contribution in [2.45, 2.75) is 26.0 Å². The molecule has 0 radical (unpaired) electrons. The van der Waals surface area contributed by atoms with E-state index in [1.54, 1.807) is 6.07 Å². The van der Waals surface area contributed by atoms with E-state index in [0.29, 0.717) is 12.0 Å². The summed E-state index contributed by atoms with van der Waals surface area (Å²) in [6.45, 7) is 4.73. The first-order chi connectivity index (χ1) is 8.16.